The molecule has 0 radical (unpaired) electrons. The molecule has 1 heterocycles. The van der Waals surface area contributed by atoms with Crippen LogP contribution in [0.5, 0.6) is 0 Å². The molecule has 0 bridgehead atoms. The zero-order valence-electron chi connectivity index (χ0n) is 12.8. The summed E-state index contributed by atoms with van der Waals surface area (Å²) in [7, 11) is 0. The monoisotopic (exact) mass is 252 g/mol. The van der Waals surface area contributed by atoms with E-state index in [-0.39, 0.29) is 0 Å². The molecule has 0 amide bonds. The minimum absolute atomic E-state index is 0.678. The van der Waals surface area contributed by atoms with Gasteiger partial charge in [-0.05, 0) is 44.9 Å². The Hall–Kier alpha value is -0.0800. The van der Waals surface area contributed by atoms with Crippen LogP contribution < -0.4 is 5.32 Å². The average Bonchev–Trinajstić information content (AvgIpc) is 2.69. The SMILES string of the molecule is CC(C)CN(CC1CC2CCCCC2N1)C(C)C. The van der Waals surface area contributed by atoms with Gasteiger partial charge in [-0.3, -0.25) is 4.90 Å². The molecule has 2 rings (SSSR count). The quantitative estimate of drug-likeness (QED) is 0.808. The van der Waals surface area contributed by atoms with Crippen LogP contribution in [0.2, 0.25) is 0 Å². The number of hydrogen-bond acceptors (Lipinski definition) is 2. The molecule has 0 aromatic carbocycles. The van der Waals surface area contributed by atoms with Gasteiger partial charge in [0.25, 0.3) is 0 Å². The predicted molar refractivity (Wildman–Crippen MR) is 78.8 cm³/mol. The maximum atomic E-state index is 3.91. The second-order valence-electron chi connectivity index (χ2n) is 7.19. The Balaban J connectivity index is 1.84. The molecule has 0 aromatic heterocycles. The smallest absolute Gasteiger partial charge is 0.0201 e. The lowest BCUT2D eigenvalue weighted by Crippen LogP contribution is -2.44. The Labute approximate surface area is 114 Å². The van der Waals surface area contributed by atoms with Gasteiger partial charge in [0.15, 0.2) is 0 Å². The number of nitrogens with zero attached hydrogens (tertiary/aromatic N) is 1. The van der Waals surface area contributed by atoms with Crippen LogP contribution >= 0.6 is 0 Å². The van der Waals surface area contributed by atoms with Crippen LogP contribution in [-0.2, 0) is 0 Å². The molecule has 3 atom stereocenters. The van der Waals surface area contributed by atoms with E-state index in [1.807, 2.05) is 0 Å². The first-order chi connectivity index (χ1) is 8.56. The minimum Gasteiger partial charge on any atom is -0.310 e. The van der Waals surface area contributed by atoms with E-state index in [1.54, 1.807) is 0 Å². The third kappa shape index (κ3) is 3.71. The van der Waals surface area contributed by atoms with Gasteiger partial charge in [0, 0.05) is 31.2 Å². The average molecular weight is 252 g/mol. The van der Waals surface area contributed by atoms with Crippen LogP contribution in [0.15, 0.2) is 0 Å². The summed E-state index contributed by atoms with van der Waals surface area (Å²) >= 11 is 0. The van der Waals surface area contributed by atoms with Gasteiger partial charge in [-0.2, -0.15) is 0 Å². The molecule has 1 saturated carbocycles. The number of fused-ring (bicyclic) bond motifs is 1. The highest BCUT2D eigenvalue weighted by Gasteiger charge is 2.35. The van der Waals surface area contributed by atoms with Crippen molar-refractivity contribution in [2.45, 2.75) is 77.9 Å². The Morgan fingerprint density at radius 2 is 1.83 bits per heavy atom. The normalized spacial score (nSPS) is 32.5. The van der Waals surface area contributed by atoms with Gasteiger partial charge in [-0.1, -0.05) is 26.7 Å². The second kappa shape index (κ2) is 6.38. The topological polar surface area (TPSA) is 15.3 Å². The van der Waals surface area contributed by atoms with Crippen LogP contribution in [0.4, 0.5) is 0 Å². The molecule has 2 nitrogen and oxygen atoms in total. The highest BCUT2D eigenvalue weighted by Crippen LogP contribution is 2.33. The molecule has 0 aromatic rings. The summed E-state index contributed by atoms with van der Waals surface area (Å²) in [5.41, 5.74) is 0. The molecule has 1 saturated heterocycles. The van der Waals surface area contributed by atoms with E-state index in [4.69, 9.17) is 0 Å². The molecule has 1 aliphatic heterocycles. The van der Waals surface area contributed by atoms with Gasteiger partial charge >= 0.3 is 0 Å². The zero-order valence-corrected chi connectivity index (χ0v) is 12.8. The fourth-order valence-electron chi connectivity index (χ4n) is 3.82. The lowest BCUT2D eigenvalue weighted by molar-refractivity contribution is 0.179. The maximum Gasteiger partial charge on any atom is 0.0201 e. The molecule has 1 N–H and O–H groups in total. The Bertz CT molecular complexity index is 235. The zero-order chi connectivity index (χ0) is 13.1. The van der Waals surface area contributed by atoms with Crippen molar-refractivity contribution in [2.24, 2.45) is 11.8 Å². The van der Waals surface area contributed by atoms with E-state index in [9.17, 15) is 0 Å². The van der Waals surface area contributed by atoms with Crippen LogP contribution in [0.25, 0.3) is 0 Å². The fourth-order valence-corrected chi connectivity index (χ4v) is 3.82. The van der Waals surface area contributed by atoms with Crippen LogP contribution in [0.3, 0.4) is 0 Å². The minimum atomic E-state index is 0.678. The molecule has 1 aliphatic carbocycles. The number of rotatable bonds is 5. The van der Waals surface area contributed by atoms with E-state index >= 15 is 0 Å². The van der Waals surface area contributed by atoms with Crippen molar-refractivity contribution in [3.05, 3.63) is 0 Å². The molecule has 106 valence electrons. The summed E-state index contributed by atoms with van der Waals surface area (Å²) < 4.78 is 0. The number of hydrogen-bond donors (Lipinski definition) is 1. The van der Waals surface area contributed by atoms with E-state index in [0.29, 0.717) is 6.04 Å². The van der Waals surface area contributed by atoms with Crippen molar-refractivity contribution in [1.82, 2.24) is 10.2 Å². The number of nitrogens with one attached hydrogen (secondary N) is 1. The molecule has 2 fully saturated rings. The van der Waals surface area contributed by atoms with E-state index in [0.717, 1.165) is 23.9 Å². The Morgan fingerprint density at radius 1 is 1.11 bits per heavy atom. The van der Waals surface area contributed by atoms with Crippen LogP contribution in [0, 0.1) is 11.8 Å². The molecule has 18 heavy (non-hydrogen) atoms. The van der Waals surface area contributed by atoms with Crippen molar-refractivity contribution in [2.75, 3.05) is 13.1 Å². The largest absolute Gasteiger partial charge is 0.310 e. The molecule has 3 unspecified atom stereocenters. The van der Waals surface area contributed by atoms with Crippen molar-refractivity contribution in [3.63, 3.8) is 0 Å². The molecular weight excluding hydrogens is 220 g/mol. The van der Waals surface area contributed by atoms with Gasteiger partial charge in [0.2, 0.25) is 0 Å². The summed E-state index contributed by atoms with van der Waals surface area (Å²) in [6, 6.07) is 2.27. The Morgan fingerprint density at radius 3 is 2.44 bits per heavy atom. The van der Waals surface area contributed by atoms with Gasteiger partial charge in [-0.25, -0.2) is 0 Å². The third-order valence-electron chi connectivity index (χ3n) is 4.73. The van der Waals surface area contributed by atoms with Crippen LogP contribution in [0.1, 0.15) is 59.8 Å². The van der Waals surface area contributed by atoms with E-state index < -0.39 is 0 Å². The highest BCUT2D eigenvalue weighted by atomic mass is 15.2. The fraction of sp³-hybridized carbons (Fsp3) is 1.00. The third-order valence-corrected chi connectivity index (χ3v) is 4.73. The van der Waals surface area contributed by atoms with Gasteiger partial charge in [0.05, 0.1) is 0 Å². The molecule has 0 spiro atoms. The first-order valence-electron chi connectivity index (χ1n) is 8.06. The van der Waals surface area contributed by atoms with Gasteiger partial charge < -0.3 is 5.32 Å². The summed E-state index contributed by atoms with van der Waals surface area (Å²) in [6.07, 6.45) is 7.23. The summed E-state index contributed by atoms with van der Waals surface area (Å²) in [6.45, 7) is 11.8. The maximum absolute atomic E-state index is 3.91. The van der Waals surface area contributed by atoms with Crippen molar-refractivity contribution >= 4 is 0 Å². The summed E-state index contributed by atoms with van der Waals surface area (Å²) in [5, 5.41) is 3.91. The second-order valence-corrected chi connectivity index (χ2v) is 7.19. The lowest BCUT2D eigenvalue weighted by atomic mass is 9.85. The lowest BCUT2D eigenvalue weighted by Gasteiger charge is -2.31. The van der Waals surface area contributed by atoms with Gasteiger partial charge in [0.1, 0.15) is 0 Å². The van der Waals surface area contributed by atoms with Crippen LogP contribution in [-0.4, -0.2) is 36.1 Å². The Kier molecular flexibility index (Phi) is 5.08. The molecule has 2 aliphatic rings. The van der Waals surface area contributed by atoms with Crippen molar-refractivity contribution in [1.29, 1.82) is 0 Å². The summed E-state index contributed by atoms with van der Waals surface area (Å²) in [4.78, 5) is 2.67. The molecular formula is C16H32N2. The van der Waals surface area contributed by atoms with Crippen molar-refractivity contribution < 1.29 is 0 Å². The highest BCUT2D eigenvalue weighted by molar-refractivity contribution is 4.94. The first kappa shape index (κ1) is 14.3. The van der Waals surface area contributed by atoms with E-state index in [1.165, 1.54) is 45.2 Å². The molecule has 2 heteroatoms. The first-order valence-corrected chi connectivity index (χ1v) is 8.06. The van der Waals surface area contributed by atoms with Gasteiger partial charge in [-0.15, -0.1) is 0 Å². The predicted octanol–water partition coefficient (Wildman–Crippen LogP) is 3.27. The summed E-state index contributed by atoms with van der Waals surface area (Å²) in [5.74, 6) is 1.76. The standard InChI is InChI=1S/C16H32N2/c1-12(2)10-18(13(3)4)11-15-9-14-7-5-6-8-16(14)17-15/h12-17H,5-11H2,1-4H3. The van der Waals surface area contributed by atoms with Crippen molar-refractivity contribution in [3.8, 4) is 0 Å². The van der Waals surface area contributed by atoms with E-state index in [2.05, 4.69) is 37.9 Å².